The molecule has 2 aromatic rings. The molecule has 1 aromatic carbocycles. The number of carbonyl (C=O) groups excluding carboxylic acids is 1. The van der Waals surface area contributed by atoms with Crippen LogP contribution < -0.4 is 5.31 Å². The van der Waals surface area contributed by atoms with E-state index in [9.17, 15) is 4.79 Å². The Bertz CT molecular complexity index is 868. The predicted molar refractivity (Wildman–Crippen MR) is 82.5 cm³/mol. The maximum Gasteiger partial charge on any atom is 0.407 e. The van der Waals surface area contributed by atoms with Crippen LogP contribution in [0.3, 0.4) is 0 Å². The second kappa shape index (κ2) is 5.77. The summed E-state index contributed by atoms with van der Waals surface area (Å²) < 4.78 is 45.7. The van der Waals surface area contributed by atoms with E-state index in [1.807, 2.05) is 19.0 Å². The van der Waals surface area contributed by atoms with Crippen LogP contribution in [0.1, 0.15) is 15.2 Å². The Hall–Kier alpha value is -2.01. The van der Waals surface area contributed by atoms with Gasteiger partial charge in [0.1, 0.15) is 6.61 Å². The van der Waals surface area contributed by atoms with Crippen molar-refractivity contribution in [2.75, 3.05) is 27.2 Å². The molecule has 1 atom stereocenters. The molecule has 112 valence electrons. The van der Waals surface area contributed by atoms with E-state index >= 15 is 0 Å². The zero-order valence-corrected chi connectivity index (χ0v) is 12.1. The number of fused-ring (bicyclic) bond motifs is 1. The van der Waals surface area contributed by atoms with Gasteiger partial charge in [-0.05, 0) is 50.1 Å². The van der Waals surface area contributed by atoms with Crippen molar-refractivity contribution in [2.45, 2.75) is 18.9 Å². The fourth-order valence-corrected chi connectivity index (χ4v) is 2.34. The number of amides is 1. The quantitative estimate of drug-likeness (QED) is 0.885. The highest BCUT2D eigenvalue weighted by molar-refractivity contribution is 5.84. The number of aromatic nitrogens is 1. The first kappa shape index (κ1) is 9.10. The molecule has 0 radical (unpaired) electrons. The van der Waals surface area contributed by atoms with E-state index in [-0.39, 0.29) is 36.7 Å². The largest absolute Gasteiger partial charge is 0.447 e. The van der Waals surface area contributed by atoms with Crippen LogP contribution in [0.2, 0.25) is 2.82 Å². The van der Waals surface area contributed by atoms with E-state index in [1.54, 1.807) is 6.20 Å². The molecule has 1 fully saturated rings. The molecule has 2 N–H and O–H groups in total. The van der Waals surface area contributed by atoms with Gasteiger partial charge in [-0.1, -0.05) is 6.04 Å². The molecule has 5 nitrogen and oxygen atoms in total. The lowest BCUT2D eigenvalue weighted by molar-refractivity contribution is 0.177. The van der Waals surface area contributed by atoms with Gasteiger partial charge < -0.3 is 19.9 Å². The number of alkyl carbamates (subject to hydrolysis) is 1. The van der Waals surface area contributed by atoms with E-state index in [4.69, 9.17) is 11.7 Å². The molecule has 1 aromatic heterocycles. The number of hydrogen-bond donors (Lipinski definition) is 2. The monoisotopic (exact) mass is 292 g/mol. The summed E-state index contributed by atoms with van der Waals surface area (Å²) in [5.41, 5.74) is 1.34. The van der Waals surface area contributed by atoms with Crippen molar-refractivity contribution >= 4 is 17.0 Å². The maximum absolute atomic E-state index is 11.4. The Labute approximate surface area is 131 Å². The first-order valence-electron chi connectivity index (χ1n) is 9.33. The van der Waals surface area contributed by atoms with E-state index in [0.29, 0.717) is 17.4 Å². The Morgan fingerprint density at radius 1 is 1.52 bits per heavy atom. The number of nitrogens with one attached hydrogen (secondary N) is 2. The van der Waals surface area contributed by atoms with Crippen molar-refractivity contribution in [3.8, 4) is 0 Å². The zero-order valence-electron chi connectivity index (χ0n) is 17.1. The van der Waals surface area contributed by atoms with Gasteiger partial charge in [0.05, 0.1) is 10.2 Å². The first-order chi connectivity index (χ1) is 12.2. The number of nitrogens with zero attached hydrogens (tertiary/aromatic N) is 1. The molecular weight excluding hydrogens is 266 g/mol. The Morgan fingerprint density at radius 2 is 2.38 bits per heavy atom. The number of H-pyrrole nitrogens is 1. The van der Waals surface area contributed by atoms with Gasteiger partial charge in [-0.15, -0.1) is 0 Å². The van der Waals surface area contributed by atoms with Gasteiger partial charge in [-0.25, -0.2) is 4.79 Å². The number of carbonyl (C=O) groups is 1. The fraction of sp³-hybridized carbons (Fsp3) is 0.438. The van der Waals surface area contributed by atoms with Crippen LogP contribution in [-0.4, -0.2) is 49.3 Å². The summed E-state index contributed by atoms with van der Waals surface area (Å²) in [7, 11) is 3.87. The molecular formula is C16H21N3O2. The summed E-state index contributed by atoms with van der Waals surface area (Å²) >= 11 is 0. The van der Waals surface area contributed by atoms with Crippen LogP contribution in [0.5, 0.6) is 0 Å². The number of ether oxygens (including phenoxy) is 1. The number of aromatic amines is 1. The second-order valence-corrected chi connectivity index (χ2v) is 5.48. The molecule has 3 rings (SSSR count). The Kier molecular flexibility index (Phi) is 2.50. The average molecular weight is 292 g/mol. The summed E-state index contributed by atoms with van der Waals surface area (Å²) in [6.07, 6.45) is 1.56. The topological polar surface area (TPSA) is 57.4 Å². The van der Waals surface area contributed by atoms with Crippen LogP contribution in [0.25, 0.3) is 10.9 Å². The van der Waals surface area contributed by atoms with E-state index in [0.717, 1.165) is 22.4 Å². The number of cyclic esters (lactones) is 1. The van der Waals surface area contributed by atoms with Crippen molar-refractivity contribution in [2.24, 2.45) is 0 Å². The summed E-state index contributed by atoms with van der Waals surface area (Å²) in [6.45, 7) is 0.759. The van der Waals surface area contributed by atoms with Crippen LogP contribution >= 0.6 is 0 Å². The molecule has 1 saturated heterocycles. The molecule has 0 spiro atoms. The fourth-order valence-electron chi connectivity index (χ4n) is 2.34. The molecule has 21 heavy (non-hydrogen) atoms. The van der Waals surface area contributed by atoms with Gasteiger partial charge in [0.15, 0.2) is 2.82 Å². The summed E-state index contributed by atoms with van der Waals surface area (Å²) in [6, 6.07) is -0.746. The van der Waals surface area contributed by atoms with Crippen LogP contribution in [0, 0.1) is 0 Å². The van der Waals surface area contributed by atoms with Crippen molar-refractivity contribution < 1.29 is 16.5 Å². The van der Waals surface area contributed by atoms with Gasteiger partial charge in [0.2, 0.25) is 0 Å². The Morgan fingerprint density at radius 3 is 3.10 bits per heavy atom. The number of likely N-dealkylation sites (N-methyl/N-ethyl adjacent to an activating group) is 1. The highest BCUT2D eigenvalue weighted by Crippen LogP contribution is 2.21. The lowest BCUT2D eigenvalue weighted by Crippen LogP contribution is -2.28. The van der Waals surface area contributed by atoms with Crippen LogP contribution in [-0.2, 0) is 17.6 Å². The lowest BCUT2D eigenvalue weighted by Gasteiger charge is -2.09. The van der Waals surface area contributed by atoms with Gasteiger partial charge >= 0.3 is 6.09 Å². The number of hydrogen-bond acceptors (Lipinski definition) is 3. The molecule has 1 amide bonds. The smallest absolute Gasteiger partial charge is 0.407 e. The normalized spacial score (nSPS) is 22.0. The SMILES string of the molecule is [2H]c1c(C[C@H]2COC(=O)N2[2H])c([2H])c2c(CCN(C)C)cn([2H])c2c1[2H]. The molecule has 1 aliphatic rings. The molecule has 5 heteroatoms. The molecule has 0 saturated carbocycles. The average Bonchev–Trinajstić information content (AvgIpc) is 3.08. The molecule has 0 unspecified atom stereocenters. The van der Waals surface area contributed by atoms with E-state index in [1.165, 1.54) is 0 Å². The van der Waals surface area contributed by atoms with Crippen LogP contribution in [0.4, 0.5) is 4.79 Å². The van der Waals surface area contributed by atoms with Gasteiger partial charge in [0.25, 0.3) is 0 Å². The molecule has 0 aliphatic carbocycles. The van der Waals surface area contributed by atoms with Crippen molar-refractivity contribution in [1.29, 1.82) is 0 Å². The molecule has 2 heterocycles. The summed E-state index contributed by atoms with van der Waals surface area (Å²) in [5, 5.41) is 1.22. The first-order valence-corrected chi connectivity index (χ1v) is 6.93. The third-order valence-electron chi connectivity index (χ3n) is 3.47. The number of rotatable bonds is 5. The molecule has 0 bridgehead atoms. The minimum Gasteiger partial charge on any atom is -0.447 e. The zero-order chi connectivity index (χ0) is 19.2. The maximum atomic E-state index is 11.4. The Balaban J connectivity index is 2.09. The van der Waals surface area contributed by atoms with E-state index < -0.39 is 12.1 Å². The number of benzene rings is 1. The minimum atomic E-state index is -0.746. The third-order valence-corrected chi connectivity index (χ3v) is 3.47. The highest BCUT2D eigenvalue weighted by atomic mass is 16.6. The van der Waals surface area contributed by atoms with Gasteiger partial charge in [0, 0.05) is 23.6 Å². The predicted octanol–water partition coefficient (Wildman–Crippen LogP) is 1.92. The van der Waals surface area contributed by atoms with Crippen molar-refractivity contribution in [1.82, 2.24) is 15.2 Å². The summed E-state index contributed by atoms with van der Waals surface area (Å²) in [5.74, 6) is 0. The van der Waals surface area contributed by atoms with Crippen LogP contribution in [0.15, 0.2) is 24.3 Å². The second-order valence-electron chi connectivity index (χ2n) is 5.48. The minimum absolute atomic E-state index is 0.0273. The van der Waals surface area contributed by atoms with Crippen molar-refractivity contribution in [3.05, 3.63) is 35.5 Å². The van der Waals surface area contributed by atoms with Gasteiger partial charge in [-0.2, -0.15) is 0 Å². The lowest BCUT2D eigenvalue weighted by atomic mass is 10.0. The standard InChI is InChI=1S/C16H21N3O2/c1-19(2)6-5-12-9-17-15-4-3-11(8-14(12)15)7-13-10-21-16(20)18-13/h3-4,8-9,13,17H,5-7,10H2,1-2H3,(H,18,20)/t13-/m0/s1/i3D,4D,8D/hD2. The molecule has 1 aliphatic heterocycles. The third kappa shape index (κ3) is 3.19. The van der Waals surface area contributed by atoms with Crippen molar-refractivity contribution in [3.63, 3.8) is 0 Å². The van der Waals surface area contributed by atoms with E-state index in [2.05, 4.69) is 0 Å². The highest BCUT2D eigenvalue weighted by Gasteiger charge is 2.22. The summed E-state index contributed by atoms with van der Waals surface area (Å²) in [4.78, 5) is 14.4. The van der Waals surface area contributed by atoms with Gasteiger partial charge in [-0.3, -0.25) is 0 Å².